The fraction of sp³-hybridized carbons (Fsp3) is 0.190. The molecule has 4 rings (SSSR count). The predicted octanol–water partition coefficient (Wildman–Crippen LogP) is 4.23. The molecule has 0 saturated carbocycles. The lowest BCUT2D eigenvalue weighted by Crippen LogP contribution is -2.20. The van der Waals surface area contributed by atoms with Crippen molar-refractivity contribution in [3.8, 4) is 27.5 Å². The van der Waals surface area contributed by atoms with E-state index >= 15 is 0 Å². The average molecular weight is 376 g/mol. The maximum atomic E-state index is 13.3. The normalized spacial score (nSPS) is 11.1. The average Bonchev–Trinajstić information content (AvgIpc) is 3.22. The lowest BCUT2D eigenvalue weighted by Gasteiger charge is -2.07. The molecule has 3 aromatic heterocycles. The zero-order valence-corrected chi connectivity index (χ0v) is 16.3. The second-order valence-electron chi connectivity index (χ2n) is 6.32. The molecule has 0 amide bonds. The summed E-state index contributed by atoms with van der Waals surface area (Å²) in [7, 11) is 1.91. The molecular weight excluding hydrogens is 356 g/mol. The van der Waals surface area contributed by atoms with Crippen LogP contribution in [0.2, 0.25) is 0 Å². The van der Waals surface area contributed by atoms with E-state index in [1.807, 2.05) is 67.3 Å². The van der Waals surface area contributed by atoms with E-state index in [1.54, 1.807) is 22.2 Å². The summed E-state index contributed by atoms with van der Waals surface area (Å²) in [5.41, 5.74) is 4.14. The molecule has 3 heterocycles. The Balaban J connectivity index is 1.93. The van der Waals surface area contributed by atoms with Crippen LogP contribution in [0.25, 0.3) is 27.5 Å². The molecule has 1 aromatic carbocycles. The van der Waals surface area contributed by atoms with Crippen molar-refractivity contribution in [1.29, 1.82) is 0 Å². The SMILES string of the molecule is CCc1sc(-c2cccnc2)nc1-c1c(C)n(C)n(-c2ccccc2)c1=O. The van der Waals surface area contributed by atoms with Gasteiger partial charge >= 0.3 is 0 Å². The third-order valence-corrected chi connectivity index (χ3v) is 5.97. The van der Waals surface area contributed by atoms with Crippen LogP contribution < -0.4 is 5.56 Å². The van der Waals surface area contributed by atoms with Crippen molar-refractivity contribution in [3.63, 3.8) is 0 Å². The molecule has 0 aliphatic rings. The molecule has 0 N–H and O–H groups in total. The zero-order valence-electron chi connectivity index (χ0n) is 15.5. The molecule has 27 heavy (non-hydrogen) atoms. The summed E-state index contributed by atoms with van der Waals surface area (Å²) >= 11 is 1.63. The molecule has 0 aliphatic heterocycles. The van der Waals surface area contributed by atoms with Gasteiger partial charge in [0.25, 0.3) is 5.56 Å². The molecule has 0 radical (unpaired) electrons. The van der Waals surface area contributed by atoms with E-state index in [1.165, 1.54) is 0 Å². The van der Waals surface area contributed by atoms with Gasteiger partial charge in [-0.05, 0) is 37.6 Å². The molecule has 4 aromatic rings. The number of aromatic nitrogens is 4. The monoisotopic (exact) mass is 376 g/mol. The summed E-state index contributed by atoms with van der Waals surface area (Å²) in [5, 5.41) is 0.892. The highest BCUT2D eigenvalue weighted by Gasteiger charge is 2.23. The molecule has 0 saturated heterocycles. The number of hydrogen-bond donors (Lipinski definition) is 0. The Morgan fingerprint density at radius 3 is 2.56 bits per heavy atom. The Morgan fingerprint density at radius 2 is 1.89 bits per heavy atom. The van der Waals surface area contributed by atoms with E-state index in [-0.39, 0.29) is 5.56 Å². The summed E-state index contributed by atoms with van der Waals surface area (Å²) in [6.07, 6.45) is 4.38. The van der Waals surface area contributed by atoms with E-state index < -0.39 is 0 Å². The van der Waals surface area contributed by atoms with Gasteiger partial charge in [-0.1, -0.05) is 25.1 Å². The summed E-state index contributed by atoms with van der Waals surface area (Å²) in [4.78, 5) is 23.5. The Labute approximate surface area is 161 Å². The topological polar surface area (TPSA) is 52.7 Å². The second kappa shape index (κ2) is 6.96. The van der Waals surface area contributed by atoms with Crippen LogP contribution in [0.4, 0.5) is 0 Å². The van der Waals surface area contributed by atoms with Crippen molar-refractivity contribution in [3.05, 3.63) is 75.8 Å². The first kappa shape index (κ1) is 17.4. The summed E-state index contributed by atoms with van der Waals surface area (Å²) in [5.74, 6) is 0. The third kappa shape index (κ3) is 2.92. The lowest BCUT2D eigenvalue weighted by molar-refractivity contribution is 0.630. The van der Waals surface area contributed by atoms with Crippen molar-refractivity contribution in [2.45, 2.75) is 20.3 Å². The number of nitrogens with zero attached hydrogens (tertiary/aromatic N) is 4. The molecule has 0 atom stereocenters. The van der Waals surface area contributed by atoms with E-state index in [0.29, 0.717) is 5.56 Å². The molecule has 136 valence electrons. The van der Waals surface area contributed by atoms with E-state index in [0.717, 1.165) is 38.9 Å². The van der Waals surface area contributed by atoms with Gasteiger partial charge in [-0.25, -0.2) is 9.67 Å². The van der Waals surface area contributed by atoms with E-state index in [2.05, 4.69) is 11.9 Å². The molecule has 0 bridgehead atoms. The minimum absolute atomic E-state index is 0.0427. The molecule has 0 spiro atoms. The number of rotatable bonds is 4. The largest absolute Gasteiger partial charge is 0.285 e. The second-order valence-corrected chi connectivity index (χ2v) is 7.41. The predicted molar refractivity (Wildman–Crippen MR) is 109 cm³/mol. The minimum atomic E-state index is -0.0427. The first-order valence-corrected chi connectivity index (χ1v) is 9.68. The molecular formula is C21H20N4OS. The standard InChI is InChI=1S/C21H20N4OS/c1-4-17-19(23-20(27-17)15-9-8-12-22-13-15)18-14(2)24(3)25(21(18)26)16-10-6-5-7-11-16/h5-13H,4H2,1-3H3. The Kier molecular flexibility index (Phi) is 4.49. The minimum Gasteiger partial charge on any atom is -0.285 e. The quantitative estimate of drug-likeness (QED) is 0.535. The number of pyridine rings is 1. The highest BCUT2D eigenvalue weighted by Crippen LogP contribution is 2.34. The molecule has 6 heteroatoms. The Morgan fingerprint density at radius 1 is 1.11 bits per heavy atom. The third-order valence-electron chi connectivity index (χ3n) is 4.72. The van der Waals surface area contributed by atoms with Crippen molar-refractivity contribution in [2.24, 2.45) is 7.05 Å². The molecule has 0 fully saturated rings. The molecule has 5 nitrogen and oxygen atoms in total. The van der Waals surface area contributed by atoms with Crippen LogP contribution in [-0.4, -0.2) is 19.3 Å². The van der Waals surface area contributed by atoms with Gasteiger partial charge in [0.1, 0.15) is 5.01 Å². The van der Waals surface area contributed by atoms with Gasteiger partial charge in [-0.2, -0.15) is 0 Å². The highest BCUT2D eigenvalue weighted by atomic mass is 32.1. The number of benzene rings is 1. The number of thiazole rings is 1. The summed E-state index contributed by atoms with van der Waals surface area (Å²) in [6, 6.07) is 13.6. The number of hydrogen-bond acceptors (Lipinski definition) is 4. The maximum absolute atomic E-state index is 13.3. The van der Waals surface area contributed by atoms with Crippen molar-refractivity contribution >= 4 is 11.3 Å². The molecule has 0 unspecified atom stereocenters. The fourth-order valence-electron chi connectivity index (χ4n) is 3.24. The number of para-hydroxylation sites is 1. The van der Waals surface area contributed by atoms with Gasteiger partial charge in [-0.15, -0.1) is 11.3 Å². The van der Waals surface area contributed by atoms with Crippen LogP contribution >= 0.6 is 11.3 Å². The van der Waals surface area contributed by atoms with Crippen molar-refractivity contribution in [1.82, 2.24) is 19.3 Å². The smallest absolute Gasteiger partial charge is 0.281 e. The van der Waals surface area contributed by atoms with Crippen LogP contribution in [0, 0.1) is 6.92 Å². The summed E-state index contributed by atoms with van der Waals surface area (Å²) < 4.78 is 3.60. The van der Waals surface area contributed by atoms with Gasteiger partial charge in [0.2, 0.25) is 0 Å². The van der Waals surface area contributed by atoms with Crippen molar-refractivity contribution in [2.75, 3.05) is 0 Å². The van der Waals surface area contributed by atoms with Crippen molar-refractivity contribution < 1.29 is 0 Å². The first-order chi connectivity index (χ1) is 13.1. The van der Waals surface area contributed by atoms with Crippen LogP contribution in [-0.2, 0) is 13.5 Å². The molecule has 0 aliphatic carbocycles. The van der Waals surface area contributed by atoms with Crippen LogP contribution in [0.3, 0.4) is 0 Å². The van der Waals surface area contributed by atoms with Crippen LogP contribution in [0.1, 0.15) is 17.5 Å². The maximum Gasteiger partial charge on any atom is 0.281 e. The lowest BCUT2D eigenvalue weighted by atomic mass is 10.1. The highest BCUT2D eigenvalue weighted by molar-refractivity contribution is 7.15. The van der Waals surface area contributed by atoms with Gasteiger partial charge in [-0.3, -0.25) is 14.5 Å². The van der Waals surface area contributed by atoms with Crippen LogP contribution in [0.5, 0.6) is 0 Å². The zero-order chi connectivity index (χ0) is 19.0. The fourth-order valence-corrected chi connectivity index (χ4v) is 4.24. The van der Waals surface area contributed by atoms with Gasteiger partial charge in [0, 0.05) is 35.6 Å². The van der Waals surface area contributed by atoms with E-state index in [4.69, 9.17) is 4.98 Å². The van der Waals surface area contributed by atoms with E-state index in [9.17, 15) is 4.79 Å². The Bertz CT molecular complexity index is 1140. The van der Waals surface area contributed by atoms with Gasteiger partial charge in [0.15, 0.2) is 0 Å². The number of aryl methyl sites for hydroxylation is 1. The summed E-state index contributed by atoms with van der Waals surface area (Å²) in [6.45, 7) is 4.07. The van der Waals surface area contributed by atoms with Gasteiger partial charge in [0.05, 0.1) is 16.9 Å². The first-order valence-electron chi connectivity index (χ1n) is 8.86. The van der Waals surface area contributed by atoms with Gasteiger partial charge < -0.3 is 0 Å². The Hall–Kier alpha value is -2.99. The van der Waals surface area contributed by atoms with Crippen LogP contribution in [0.15, 0.2) is 59.7 Å².